The molecule has 8 heteroatoms. The minimum Gasteiger partial charge on any atom is -0.463 e. The van der Waals surface area contributed by atoms with Crippen LogP contribution in [0.1, 0.15) is 43.0 Å². The zero-order valence-electron chi connectivity index (χ0n) is 19.5. The molecule has 176 valence electrons. The van der Waals surface area contributed by atoms with E-state index in [0.29, 0.717) is 27.8 Å². The van der Waals surface area contributed by atoms with Gasteiger partial charge in [-0.2, -0.15) is 0 Å². The minimum absolute atomic E-state index is 0.0407. The zero-order valence-corrected chi connectivity index (χ0v) is 20.3. The third-order valence-corrected chi connectivity index (χ3v) is 6.72. The van der Waals surface area contributed by atoms with Crippen LogP contribution in [0.2, 0.25) is 0 Å². The summed E-state index contributed by atoms with van der Waals surface area (Å²) in [4.78, 5) is 32.2. The van der Waals surface area contributed by atoms with Crippen LogP contribution in [0.4, 0.5) is 10.1 Å². The van der Waals surface area contributed by atoms with E-state index in [1.54, 1.807) is 36.9 Å². The van der Waals surface area contributed by atoms with Gasteiger partial charge in [0, 0.05) is 16.9 Å². The van der Waals surface area contributed by atoms with E-state index in [0.717, 1.165) is 11.1 Å². The number of benzene rings is 2. The van der Waals surface area contributed by atoms with Crippen molar-refractivity contribution >= 4 is 34.5 Å². The molecule has 1 N–H and O–H groups in total. The van der Waals surface area contributed by atoms with Crippen LogP contribution in [0, 0.1) is 19.7 Å². The van der Waals surface area contributed by atoms with E-state index < -0.39 is 17.8 Å². The van der Waals surface area contributed by atoms with Crippen LogP contribution in [-0.4, -0.2) is 28.6 Å². The summed E-state index contributed by atoms with van der Waals surface area (Å²) in [7, 11) is 0. The lowest BCUT2D eigenvalue weighted by atomic mass is 9.93. The van der Waals surface area contributed by atoms with Gasteiger partial charge in [-0.05, 0) is 62.4 Å². The summed E-state index contributed by atoms with van der Waals surface area (Å²) < 4.78 is 20.3. The van der Waals surface area contributed by atoms with Gasteiger partial charge in [-0.1, -0.05) is 36.0 Å². The van der Waals surface area contributed by atoms with Crippen molar-refractivity contribution in [3.05, 3.63) is 87.3 Å². The maximum absolute atomic E-state index is 15.0. The van der Waals surface area contributed by atoms with E-state index in [-0.39, 0.29) is 24.5 Å². The molecule has 2 aliphatic rings. The monoisotopic (exact) mass is 479 g/mol. The number of amides is 1. The average Bonchev–Trinajstić information content (AvgIpc) is 3.17. The Hall–Kier alpha value is -3.39. The van der Waals surface area contributed by atoms with Gasteiger partial charge < -0.3 is 15.0 Å². The molecule has 4 rings (SSSR count). The number of allylic oxidation sites excluding steroid dienone is 1. The summed E-state index contributed by atoms with van der Waals surface area (Å²) in [5.74, 6) is -1.21. The predicted molar refractivity (Wildman–Crippen MR) is 133 cm³/mol. The molecule has 0 saturated heterocycles. The Bertz CT molecular complexity index is 1250. The molecule has 2 aromatic carbocycles. The highest BCUT2D eigenvalue weighted by Gasteiger charge is 2.42. The van der Waals surface area contributed by atoms with Gasteiger partial charge in [-0.15, -0.1) is 0 Å². The van der Waals surface area contributed by atoms with Crippen LogP contribution in [0.5, 0.6) is 0 Å². The SMILES string of the molecule is CCOC(=O)C1=C(C)N=C2SC=C(CC(=O)Nc3ccc(C)c(C)c3)N2[C@H]1c1ccccc1F. The molecular formula is C26H26FN3O3S. The number of thioether (sulfide) groups is 1. The molecule has 6 nitrogen and oxygen atoms in total. The van der Waals surface area contributed by atoms with Crippen LogP contribution >= 0.6 is 11.8 Å². The first-order chi connectivity index (χ1) is 16.3. The summed E-state index contributed by atoms with van der Waals surface area (Å²) in [5.41, 5.74) is 4.62. The fraction of sp³-hybridized carbons (Fsp3) is 0.269. The highest BCUT2D eigenvalue weighted by atomic mass is 32.2. The van der Waals surface area contributed by atoms with Crippen molar-refractivity contribution in [1.82, 2.24) is 4.90 Å². The number of aliphatic imine (C=N–C) groups is 1. The lowest BCUT2D eigenvalue weighted by Gasteiger charge is -2.36. The van der Waals surface area contributed by atoms with Crippen molar-refractivity contribution in [2.24, 2.45) is 4.99 Å². The van der Waals surface area contributed by atoms with Crippen LogP contribution in [0.15, 0.2) is 69.8 Å². The van der Waals surface area contributed by atoms with Crippen molar-refractivity contribution in [3.8, 4) is 0 Å². The third kappa shape index (κ3) is 4.63. The van der Waals surface area contributed by atoms with Gasteiger partial charge in [0.2, 0.25) is 5.91 Å². The lowest BCUT2D eigenvalue weighted by Crippen LogP contribution is -2.38. The van der Waals surface area contributed by atoms with Crippen LogP contribution in [0.3, 0.4) is 0 Å². The van der Waals surface area contributed by atoms with Gasteiger partial charge >= 0.3 is 5.97 Å². The second-order valence-corrected chi connectivity index (χ2v) is 9.00. The Kier molecular flexibility index (Phi) is 6.88. The minimum atomic E-state index is -0.789. The summed E-state index contributed by atoms with van der Waals surface area (Å²) >= 11 is 1.35. The molecule has 0 aliphatic carbocycles. The van der Waals surface area contributed by atoms with Gasteiger partial charge in [-0.3, -0.25) is 4.79 Å². The first kappa shape index (κ1) is 23.8. The first-order valence-corrected chi connectivity index (χ1v) is 11.9. The fourth-order valence-electron chi connectivity index (χ4n) is 4.02. The zero-order chi connectivity index (χ0) is 24.4. The summed E-state index contributed by atoms with van der Waals surface area (Å²) in [6.07, 6.45) is 0.0407. The van der Waals surface area contributed by atoms with Crippen molar-refractivity contribution in [2.75, 3.05) is 11.9 Å². The molecule has 0 unspecified atom stereocenters. The maximum atomic E-state index is 15.0. The summed E-state index contributed by atoms with van der Waals surface area (Å²) in [6.45, 7) is 7.62. The number of nitrogens with one attached hydrogen (secondary N) is 1. The number of hydrogen-bond acceptors (Lipinski definition) is 6. The van der Waals surface area contributed by atoms with Crippen molar-refractivity contribution in [3.63, 3.8) is 0 Å². The highest BCUT2D eigenvalue weighted by molar-refractivity contribution is 8.16. The van der Waals surface area contributed by atoms with Crippen molar-refractivity contribution in [1.29, 1.82) is 0 Å². The summed E-state index contributed by atoms with van der Waals surface area (Å²) in [5, 5.41) is 5.35. The highest BCUT2D eigenvalue weighted by Crippen LogP contribution is 2.45. The molecule has 1 atom stereocenters. The molecule has 0 spiro atoms. The van der Waals surface area contributed by atoms with E-state index in [9.17, 15) is 14.0 Å². The Morgan fingerprint density at radius 2 is 1.91 bits per heavy atom. The van der Waals surface area contributed by atoms with E-state index in [4.69, 9.17) is 4.74 Å². The largest absolute Gasteiger partial charge is 0.463 e. The molecule has 1 amide bonds. The molecule has 2 aliphatic heterocycles. The van der Waals surface area contributed by atoms with Gasteiger partial charge in [0.25, 0.3) is 0 Å². The number of anilines is 1. The molecule has 0 fully saturated rings. The Labute approximate surface area is 202 Å². The number of carbonyl (C=O) groups excluding carboxylic acids is 2. The molecular weight excluding hydrogens is 453 g/mol. The molecule has 0 saturated carbocycles. The number of halogens is 1. The number of nitrogens with zero attached hydrogens (tertiary/aromatic N) is 2. The topological polar surface area (TPSA) is 71.0 Å². The Morgan fingerprint density at radius 1 is 1.15 bits per heavy atom. The number of carbonyl (C=O) groups is 2. The number of rotatable bonds is 6. The van der Waals surface area contributed by atoms with Crippen LogP contribution < -0.4 is 5.32 Å². The molecule has 2 aromatic rings. The Morgan fingerprint density at radius 3 is 2.62 bits per heavy atom. The van der Waals surface area contributed by atoms with E-state index in [1.807, 2.05) is 37.5 Å². The van der Waals surface area contributed by atoms with E-state index in [2.05, 4.69) is 10.3 Å². The maximum Gasteiger partial charge on any atom is 0.338 e. The molecule has 0 aromatic heterocycles. The third-order valence-electron chi connectivity index (χ3n) is 5.83. The van der Waals surface area contributed by atoms with Gasteiger partial charge in [0.05, 0.1) is 30.3 Å². The number of hydrogen-bond donors (Lipinski definition) is 1. The number of aryl methyl sites for hydroxylation is 2. The van der Waals surface area contributed by atoms with Crippen molar-refractivity contribution < 1.29 is 18.7 Å². The smallest absolute Gasteiger partial charge is 0.338 e. The van der Waals surface area contributed by atoms with E-state index >= 15 is 0 Å². The predicted octanol–water partition coefficient (Wildman–Crippen LogP) is 5.61. The lowest BCUT2D eigenvalue weighted by molar-refractivity contribution is -0.139. The second-order valence-electron chi connectivity index (χ2n) is 8.16. The van der Waals surface area contributed by atoms with Crippen LogP contribution in [-0.2, 0) is 14.3 Å². The first-order valence-electron chi connectivity index (χ1n) is 11.0. The standard InChI is InChI=1S/C26H26FN3O3S/c1-5-33-25(32)23-17(4)28-26-30(24(23)20-8-6-7-9-21(20)27)19(14-34-26)13-22(31)29-18-11-10-15(2)16(3)12-18/h6-12,14,24H,5,13H2,1-4H3,(H,29,31)/t24-/m0/s1. The van der Waals surface area contributed by atoms with Gasteiger partial charge in [0.1, 0.15) is 5.82 Å². The Balaban J connectivity index is 1.66. The normalized spacial score (nSPS) is 17.2. The second kappa shape index (κ2) is 9.85. The number of amidine groups is 1. The molecule has 2 heterocycles. The number of fused-ring (bicyclic) bond motifs is 1. The summed E-state index contributed by atoms with van der Waals surface area (Å²) in [6, 6.07) is 11.3. The van der Waals surface area contributed by atoms with Gasteiger partial charge in [0.15, 0.2) is 5.17 Å². The van der Waals surface area contributed by atoms with Crippen molar-refractivity contribution in [2.45, 2.75) is 40.2 Å². The number of ether oxygens (including phenoxy) is 1. The molecule has 0 radical (unpaired) electrons. The van der Waals surface area contributed by atoms with E-state index in [1.165, 1.54) is 17.8 Å². The average molecular weight is 480 g/mol. The molecule has 34 heavy (non-hydrogen) atoms. The number of esters is 1. The fourth-order valence-corrected chi connectivity index (χ4v) is 4.98. The molecule has 0 bridgehead atoms. The van der Waals surface area contributed by atoms with Gasteiger partial charge in [-0.25, -0.2) is 14.2 Å². The quantitative estimate of drug-likeness (QED) is 0.546. The van der Waals surface area contributed by atoms with Crippen LogP contribution in [0.25, 0.3) is 0 Å².